The minimum absolute atomic E-state index is 0.0267. The van der Waals surface area contributed by atoms with E-state index in [-0.39, 0.29) is 5.43 Å². The fraction of sp³-hybridized carbons (Fsp3) is 0. The smallest absolute Gasteiger partial charge is 0.202 e. The highest BCUT2D eigenvalue weighted by atomic mass is 79.9. The molecule has 2 aromatic rings. The maximum Gasteiger partial charge on any atom is 0.202 e. The molecule has 11 heavy (non-hydrogen) atoms. The predicted octanol–water partition coefficient (Wildman–Crippen LogP) is 0.785. The Morgan fingerprint density at radius 3 is 3.27 bits per heavy atom. The van der Waals surface area contributed by atoms with Crippen LogP contribution < -0.4 is 5.43 Å². The van der Waals surface area contributed by atoms with Gasteiger partial charge in [-0.15, -0.1) is 5.10 Å². The average Bonchev–Trinajstić information content (AvgIpc) is 2.32. The molecule has 56 valence electrons. The number of fused-ring (bicyclic) bond motifs is 1. The molecule has 0 amide bonds. The van der Waals surface area contributed by atoms with Gasteiger partial charge in [0.15, 0.2) is 5.43 Å². The number of rotatable bonds is 0. The van der Waals surface area contributed by atoms with Crippen molar-refractivity contribution in [2.75, 3.05) is 0 Å². The lowest BCUT2D eigenvalue weighted by Gasteiger charge is -1.88. The van der Waals surface area contributed by atoms with E-state index in [2.05, 4.69) is 26.1 Å². The van der Waals surface area contributed by atoms with Gasteiger partial charge in [-0.3, -0.25) is 14.3 Å². The first-order valence-electron chi connectivity index (χ1n) is 3.00. The third-order valence-electron chi connectivity index (χ3n) is 1.39. The largest absolute Gasteiger partial charge is 0.290 e. The van der Waals surface area contributed by atoms with Crippen molar-refractivity contribution in [3.63, 3.8) is 0 Å². The Morgan fingerprint density at radius 2 is 2.45 bits per heavy atom. The van der Waals surface area contributed by atoms with Gasteiger partial charge in [0.25, 0.3) is 0 Å². The van der Waals surface area contributed by atoms with Crippen LogP contribution in [-0.4, -0.2) is 14.6 Å². The van der Waals surface area contributed by atoms with Crippen LogP contribution in [-0.2, 0) is 0 Å². The predicted molar refractivity (Wildman–Crippen MR) is 43.5 cm³/mol. The second kappa shape index (κ2) is 2.20. The fourth-order valence-corrected chi connectivity index (χ4v) is 1.28. The molecule has 0 aliphatic rings. The zero-order chi connectivity index (χ0) is 7.84. The number of halogens is 1. The molecule has 4 nitrogen and oxygen atoms in total. The molecule has 0 aliphatic heterocycles. The van der Waals surface area contributed by atoms with Crippen molar-refractivity contribution in [2.24, 2.45) is 0 Å². The van der Waals surface area contributed by atoms with Crippen LogP contribution in [0.2, 0.25) is 0 Å². The molecule has 0 saturated carbocycles. The van der Waals surface area contributed by atoms with E-state index in [1.807, 2.05) is 0 Å². The average molecular weight is 214 g/mol. The zero-order valence-electron chi connectivity index (χ0n) is 5.41. The number of aromatic nitrogens is 3. The minimum Gasteiger partial charge on any atom is -0.290 e. The summed E-state index contributed by atoms with van der Waals surface area (Å²) in [5.41, 5.74) is 0.658. The van der Waals surface area contributed by atoms with E-state index in [0.29, 0.717) is 10.4 Å². The summed E-state index contributed by atoms with van der Waals surface area (Å²) in [4.78, 5) is 10.8. The van der Waals surface area contributed by atoms with Crippen LogP contribution in [0, 0.1) is 0 Å². The van der Waals surface area contributed by atoms with Gasteiger partial charge in [0.1, 0.15) is 5.65 Å². The molecule has 5 heteroatoms. The maximum atomic E-state index is 10.8. The van der Waals surface area contributed by atoms with E-state index < -0.39 is 0 Å². The topological polar surface area (TPSA) is 50.2 Å². The van der Waals surface area contributed by atoms with Crippen molar-refractivity contribution in [1.29, 1.82) is 0 Å². The van der Waals surface area contributed by atoms with E-state index in [0.717, 1.165) is 0 Å². The standard InChI is InChI=1S/C6H4BrN3O/c7-6-9-8-5-3-4(11)1-2-10(5)6/h1-3,8H. The zero-order valence-corrected chi connectivity index (χ0v) is 7.00. The number of H-pyrrole nitrogens is 1. The van der Waals surface area contributed by atoms with E-state index in [9.17, 15) is 4.79 Å². The van der Waals surface area contributed by atoms with Gasteiger partial charge in [-0.1, -0.05) is 0 Å². The lowest BCUT2D eigenvalue weighted by molar-refractivity contribution is 1.05. The SMILES string of the molecule is O=c1ccn2c(Br)n[nH]c2c1. The highest BCUT2D eigenvalue weighted by molar-refractivity contribution is 9.10. The molecule has 0 saturated heterocycles. The molecule has 0 atom stereocenters. The molecular weight excluding hydrogens is 210 g/mol. The van der Waals surface area contributed by atoms with Crippen LogP contribution in [0.15, 0.2) is 27.9 Å². The lowest BCUT2D eigenvalue weighted by Crippen LogP contribution is -1.98. The van der Waals surface area contributed by atoms with Crippen LogP contribution in [0.1, 0.15) is 0 Å². The third kappa shape index (κ3) is 0.970. The molecule has 0 spiro atoms. The van der Waals surface area contributed by atoms with Crippen molar-refractivity contribution in [3.05, 3.63) is 33.3 Å². The Balaban J connectivity index is 2.96. The lowest BCUT2D eigenvalue weighted by atomic mass is 10.5. The van der Waals surface area contributed by atoms with Crippen molar-refractivity contribution in [2.45, 2.75) is 0 Å². The monoisotopic (exact) mass is 213 g/mol. The fourth-order valence-electron chi connectivity index (χ4n) is 0.885. The van der Waals surface area contributed by atoms with Crippen LogP contribution >= 0.6 is 15.9 Å². The Labute approximate surface area is 70.0 Å². The molecule has 2 rings (SSSR count). The highest BCUT2D eigenvalue weighted by Gasteiger charge is 1.98. The van der Waals surface area contributed by atoms with Crippen LogP contribution in [0.4, 0.5) is 0 Å². The Morgan fingerprint density at radius 1 is 1.64 bits per heavy atom. The number of nitrogens with zero attached hydrogens (tertiary/aromatic N) is 2. The highest BCUT2D eigenvalue weighted by Crippen LogP contribution is 2.05. The van der Waals surface area contributed by atoms with Crippen molar-refractivity contribution in [3.8, 4) is 0 Å². The summed E-state index contributed by atoms with van der Waals surface area (Å²) in [6, 6.07) is 2.96. The van der Waals surface area contributed by atoms with Gasteiger partial charge >= 0.3 is 0 Å². The van der Waals surface area contributed by atoms with E-state index in [4.69, 9.17) is 0 Å². The summed E-state index contributed by atoms with van der Waals surface area (Å²) in [6.45, 7) is 0. The number of aromatic amines is 1. The van der Waals surface area contributed by atoms with E-state index >= 15 is 0 Å². The van der Waals surface area contributed by atoms with Gasteiger partial charge in [-0.25, -0.2) is 0 Å². The Hall–Kier alpha value is -1.10. The number of hydrogen-bond donors (Lipinski definition) is 1. The van der Waals surface area contributed by atoms with Gasteiger partial charge in [-0.05, 0) is 15.9 Å². The molecule has 0 bridgehead atoms. The molecule has 0 unspecified atom stereocenters. The summed E-state index contributed by atoms with van der Waals surface area (Å²) in [5.74, 6) is 0. The van der Waals surface area contributed by atoms with Crippen LogP contribution in [0.3, 0.4) is 0 Å². The normalized spacial score (nSPS) is 10.6. The molecule has 0 fully saturated rings. The molecular formula is C6H4BrN3O. The summed E-state index contributed by atoms with van der Waals surface area (Å²) in [6.07, 6.45) is 1.66. The second-order valence-corrected chi connectivity index (χ2v) is 2.82. The van der Waals surface area contributed by atoms with E-state index in [1.165, 1.54) is 12.1 Å². The van der Waals surface area contributed by atoms with Crippen molar-refractivity contribution >= 4 is 21.6 Å². The molecule has 0 aromatic carbocycles. The van der Waals surface area contributed by atoms with Gasteiger partial charge in [0.05, 0.1) is 0 Å². The summed E-state index contributed by atoms with van der Waals surface area (Å²) >= 11 is 3.21. The number of hydrogen-bond acceptors (Lipinski definition) is 2. The first-order chi connectivity index (χ1) is 5.27. The number of nitrogens with one attached hydrogen (secondary N) is 1. The molecule has 1 N–H and O–H groups in total. The summed E-state index contributed by atoms with van der Waals surface area (Å²) in [5, 5.41) is 6.55. The van der Waals surface area contributed by atoms with E-state index in [1.54, 1.807) is 10.6 Å². The molecule has 2 aromatic heterocycles. The van der Waals surface area contributed by atoms with Crippen molar-refractivity contribution < 1.29 is 0 Å². The first kappa shape index (κ1) is 6.60. The quantitative estimate of drug-likeness (QED) is 0.704. The third-order valence-corrected chi connectivity index (χ3v) is 1.95. The minimum atomic E-state index is -0.0267. The van der Waals surface area contributed by atoms with Gasteiger partial charge < -0.3 is 0 Å². The Kier molecular flexibility index (Phi) is 1.32. The van der Waals surface area contributed by atoms with Gasteiger partial charge in [0.2, 0.25) is 4.73 Å². The maximum absolute atomic E-state index is 10.8. The molecule has 2 heterocycles. The number of pyridine rings is 1. The van der Waals surface area contributed by atoms with Gasteiger partial charge in [0, 0.05) is 18.3 Å². The first-order valence-corrected chi connectivity index (χ1v) is 3.79. The van der Waals surface area contributed by atoms with Crippen LogP contribution in [0.25, 0.3) is 5.65 Å². The Bertz CT molecular complexity index is 444. The molecule has 0 radical (unpaired) electrons. The van der Waals surface area contributed by atoms with Crippen LogP contribution in [0.5, 0.6) is 0 Å². The summed E-state index contributed by atoms with van der Waals surface area (Å²) in [7, 11) is 0. The second-order valence-electron chi connectivity index (χ2n) is 2.11. The molecule has 0 aliphatic carbocycles. The van der Waals surface area contributed by atoms with Crippen molar-refractivity contribution in [1.82, 2.24) is 14.6 Å². The van der Waals surface area contributed by atoms with Gasteiger partial charge in [-0.2, -0.15) is 0 Å². The summed E-state index contributed by atoms with van der Waals surface area (Å²) < 4.78 is 2.40.